The summed E-state index contributed by atoms with van der Waals surface area (Å²) in [5.74, 6) is 3.24. The molecule has 3 heteroatoms. The van der Waals surface area contributed by atoms with Crippen molar-refractivity contribution in [3.05, 3.63) is 23.8 Å². The average molecular weight is 291 g/mol. The summed E-state index contributed by atoms with van der Waals surface area (Å²) in [5.41, 5.74) is 1.31. The van der Waals surface area contributed by atoms with E-state index in [1.54, 1.807) is 0 Å². The van der Waals surface area contributed by atoms with Gasteiger partial charge in [0.2, 0.25) is 0 Å². The molecule has 0 aromatic heterocycles. The predicted molar refractivity (Wildman–Crippen MR) is 87.1 cm³/mol. The van der Waals surface area contributed by atoms with Crippen LogP contribution in [-0.4, -0.2) is 19.8 Å². The first-order valence-electron chi connectivity index (χ1n) is 8.34. The summed E-state index contributed by atoms with van der Waals surface area (Å²) in [4.78, 5) is 0. The van der Waals surface area contributed by atoms with Gasteiger partial charge in [-0.3, -0.25) is 0 Å². The van der Waals surface area contributed by atoms with Gasteiger partial charge in [0, 0.05) is 6.04 Å². The molecule has 1 aliphatic rings. The molecule has 0 saturated heterocycles. The van der Waals surface area contributed by atoms with Crippen LogP contribution in [0.4, 0.5) is 0 Å². The van der Waals surface area contributed by atoms with Gasteiger partial charge in [-0.25, -0.2) is 0 Å². The van der Waals surface area contributed by atoms with E-state index in [9.17, 15) is 0 Å². The molecule has 0 aliphatic heterocycles. The summed E-state index contributed by atoms with van der Waals surface area (Å²) in [6, 6.07) is 6.78. The van der Waals surface area contributed by atoms with Crippen LogP contribution in [0.1, 0.15) is 52.1 Å². The van der Waals surface area contributed by atoms with E-state index in [0.29, 0.717) is 25.2 Å². The molecule has 1 aliphatic carbocycles. The highest BCUT2D eigenvalue weighted by Crippen LogP contribution is 2.43. The third-order valence-electron chi connectivity index (χ3n) is 4.24. The summed E-state index contributed by atoms with van der Waals surface area (Å²) in [7, 11) is 0. The van der Waals surface area contributed by atoms with Gasteiger partial charge in [-0.15, -0.1) is 0 Å². The number of nitrogens with one attached hydrogen (secondary N) is 1. The number of hydrogen-bond acceptors (Lipinski definition) is 3. The third-order valence-corrected chi connectivity index (χ3v) is 4.24. The van der Waals surface area contributed by atoms with Gasteiger partial charge >= 0.3 is 0 Å². The fraction of sp³-hybridized carbons (Fsp3) is 0.667. The zero-order valence-corrected chi connectivity index (χ0v) is 13.8. The van der Waals surface area contributed by atoms with Crippen LogP contribution in [0, 0.1) is 11.8 Å². The molecule has 0 radical (unpaired) electrons. The van der Waals surface area contributed by atoms with Gasteiger partial charge in [0.05, 0.1) is 13.2 Å². The Bertz CT molecular complexity index is 443. The maximum atomic E-state index is 5.76. The van der Waals surface area contributed by atoms with Crippen LogP contribution in [0.2, 0.25) is 0 Å². The van der Waals surface area contributed by atoms with Gasteiger partial charge in [-0.1, -0.05) is 19.9 Å². The Kier molecular flexibility index (Phi) is 5.92. The smallest absolute Gasteiger partial charge is 0.161 e. The molecule has 1 fully saturated rings. The molecule has 1 aromatic rings. The molecule has 1 N–H and O–H groups in total. The average Bonchev–Trinajstić information content (AvgIpc) is 3.31. The van der Waals surface area contributed by atoms with Crippen LogP contribution < -0.4 is 14.8 Å². The van der Waals surface area contributed by atoms with E-state index in [0.717, 1.165) is 24.0 Å². The monoisotopic (exact) mass is 291 g/mol. The molecule has 21 heavy (non-hydrogen) atoms. The van der Waals surface area contributed by atoms with Gasteiger partial charge < -0.3 is 14.8 Å². The molecule has 1 aromatic carbocycles. The Balaban J connectivity index is 2.24. The van der Waals surface area contributed by atoms with Gasteiger partial charge in [-0.05, 0) is 62.8 Å². The highest BCUT2D eigenvalue weighted by molar-refractivity contribution is 5.44. The Labute approximate surface area is 129 Å². The molecule has 2 rings (SSSR count). The van der Waals surface area contributed by atoms with Crippen molar-refractivity contribution >= 4 is 0 Å². The van der Waals surface area contributed by atoms with E-state index in [-0.39, 0.29) is 0 Å². The van der Waals surface area contributed by atoms with Crippen molar-refractivity contribution in [2.45, 2.75) is 46.6 Å². The molecule has 0 spiro atoms. The molecule has 118 valence electrons. The minimum Gasteiger partial charge on any atom is -0.490 e. The quantitative estimate of drug-likeness (QED) is 0.740. The van der Waals surface area contributed by atoms with Crippen LogP contribution in [0.15, 0.2) is 18.2 Å². The Hall–Kier alpha value is -1.22. The highest BCUT2D eigenvalue weighted by atomic mass is 16.5. The lowest BCUT2D eigenvalue weighted by Crippen LogP contribution is -2.28. The number of benzene rings is 1. The molecule has 0 heterocycles. The predicted octanol–water partition coefficient (Wildman–Crippen LogP) is 4.18. The summed E-state index contributed by atoms with van der Waals surface area (Å²) >= 11 is 0. The fourth-order valence-corrected chi connectivity index (χ4v) is 2.98. The molecular formula is C18H29NO2. The van der Waals surface area contributed by atoms with Crippen molar-refractivity contribution in [1.29, 1.82) is 0 Å². The van der Waals surface area contributed by atoms with E-state index >= 15 is 0 Å². The minimum atomic E-state index is 0.400. The number of ether oxygens (including phenoxy) is 2. The maximum absolute atomic E-state index is 5.76. The Morgan fingerprint density at radius 1 is 1.10 bits per heavy atom. The first kappa shape index (κ1) is 16.2. The molecule has 0 amide bonds. The Morgan fingerprint density at radius 3 is 2.33 bits per heavy atom. The number of rotatable bonds is 9. The lowest BCUT2D eigenvalue weighted by atomic mass is 9.90. The normalized spacial score (nSPS) is 17.3. The summed E-state index contributed by atoms with van der Waals surface area (Å²) in [5, 5.41) is 3.64. The Morgan fingerprint density at radius 2 is 1.76 bits per heavy atom. The number of hydrogen-bond donors (Lipinski definition) is 1. The maximum Gasteiger partial charge on any atom is 0.161 e. The van der Waals surface area contributed by atoms with E-state index in [4.69, 9.17) is 9.47 Å². The molecule has 2 atom stereocenters. The standard InChI is InChI=1S/C18H29NO2/c1-5-19-18(13(4)14-8-9-14)15-10-11-16(20-6-2)17(12-15)21-7-3/h10-14,18-19H,5-9H2,1-4H3. The highest BCUT2D eigenvalue weighted by Gasteiger charge is 2.33. The molecule has 2 unspecified atom stereocenters. The van der Waals surface area contributed by atoms with Crippen molar-refractivity contribution < 1.29 is 9.47 Å². The third kappa shape index (κ3) is 4.13. The van der Waals surface area contributed by atoms with E-state index in [1.807, 2.05) is 19.9 Å². The van der Waals surface area contributed by atoms with Gasteiger partial charge in [0.25, 0.3) is 0 Å². The lowest BCUT2D eigenvalue weighted by molar-refractivity contribution is 0.286. The van der Waals surface area contributed by atoms with Crippen LogP contribution in [-0.2, 0) is 0 Å². The van der Waals surface area contributed by atoms with E-state index < -0.39 is 0 Å². The second-order valence-corrected chi connectivity index (χ2v) is 5.80. The zero-order valence-electron chi connectivity index (χ0n) is 13.8. The van der Waals surface area contributed by atoms with Crippen molar-refractivity contribution in [1.82, 2.24) is 5.32 Å². The second kappa shape index (κ2) is 7.69. The van der Waals surface area contributed by atoms with Crippen LogP contribution >= 0.6 is 0 Å². The summed E-state index contributed by atoms with van der Waals surface area (Å²) < 4.78 is 11.4. The van der Waals surface area contributed by atoms with Crippen molar-refractivity contribution in [2.24, 2.45) is 11.8 Å². The summed E-state index contributed by atoms with van der Waals surface area (Å²) in [6.45, 7) is 10.9. The van der Waals surface area contributed by atoms with Crippen LogP contribution in [0.25, 0.3) is 0 Å². The van der Waals surface area contributed by atoms with Crippen LogP contribution in [0.5, 0.6) is 11.5 Å². The first-order valence-corrected chi connectivity index (χ1v) is 8.34. The lowest BCUT2D eigenvalue weighted by Gasteiger charge is -2.26. The first-order chi connectivity index (χ1) is 10.2. The zero-order chi connectivity index (χ0) is 15.2. The molecular weight excluding hydrogens is 262 g/mol. The largest absolute Gasteiger partial charge is 0.490 e. The van der Waals surface area contributed by atoms with Gasteiger partial charge in [0.1, 0.15) is 0 Å². The molecule has 0 bridgehead atoms. The topological polar surface area (TPSA) is 30.5 Å². The molecule has 1 saturated carbocycles. The van der Waals surface area contributed by atoms with Crippen molar-refractivity contribution in [3.63, 3.8) is 0 Å². The molecule has 3 nitrogen and oxygen atoms in total. The second-order valence-electron chi connectivity index (χ2n) is 5.80. The van der Waals surface area contributed by atoms with Crippen LogP contribution in [0.3, 0.4) is 0 Å². The minimum absolute atomic E-state index is 0.400. The van der Waals surface area contributed by atoms with E-state index in [1.165, 1.54) is 18.4 Å². The van der Waals surface area contributed by atoms with E-state index in [2.05, 4.69) is 31.3 Å². The van der Waals surface area contributed by atoms with Crippen molar-refractivity contribution in [3.8, 4) is 11.5 Å². The van der Waals surface area contributed by atoms with Gasteiger partial charge in [-0.2, -0.15) is 0 Å². The van der Waals surface area contributed by atoms with Crippen molar-refractivity contribution in [2.75, 3.05) is 19.8 Å². The SMILES string of the molecule is CCNC(c1ccc(OCC)c(OCC)c1)C(C)C1CC1. The fourth-order valence-electron chi connectivity index (χ4n) is 2.98. The summed E-state index contributed by atoms with van der Waals surface area (Å²) in [6.07, 6.45) is 2.75. The van der Waals surface area contributed by atoms with Gasteiger partial charge in [0.15, 0.2) is 11.5 Å².